The van der Waals surface area contributed by atoms with Crippen LogP contribution in [-0.2, 0) is 9.53 Å². The van der Waals surface area contributed by atoms with Gasteiger partial charge in [0.15, 0.2) is 0 Å². The minimum Gasteiger partial charge on any atom is -0.468 e. The number of ether oxygens (including phenoxy) is 1. The van der Waals surface area contributed by atoms with E-state index in [0.29, 0.717) is 10.0 Å². The maximum absolute atomic E-state index is 10.9. The van der Waals surface area contributed by atoms with Gasteiger partial charge in [-0.3, -0.25) is 4.79 Å². The van der Waals surface area contributed by atoms with Crippen molar-refractivity contribution < 1.29 is 9.53 Å². The van der Waals surface area contributed by atoms with Crippen LogP contribution in [0.1, 0.15) is 0 Å². The van der Waals surface area contributed by atoms with Gasteiger partial charge in [0.25, 0.3) is 0 Å². The van der Waals surface area contributed by atoms with Crippen LogP contribution in [0, 0.1) is 0 Å². The van der Waals surface area contributed by atoms with Gasteiger partial charge in [-0.05, 0) is 12.1 Å². The summed E-state index contributed by atoms with van der Waals surface area (Å²) in [5, 5.41) is 0.963. The zero-order valence-corrected chi connectivity index (χ0v) is 9.75. The van der Waals surface area contributed by atoms with Gasteiger partial charge in [0, 0.05) is 4.90 Å². The van der Waals surface area contributed by atoms with E-state index < -0.39 is 0 Å². The molecule has 0 aliphatic carbocycles. The molecule has 1 rings (SSSR count). The summed E-state index contributed by atoms with van der Waals surface area (Å²) < 4.78 is 4.51. The second-order valence-corrected chi connectivity index (χ2v) is 4.22. The third-order valence-electron chi connectivity index (χ3n) is 1.49. The summed E-state index contributed by atoms with van der Waals surface area (Å²) >= 11 is 13.0. The highest BCUT2D eigenvalue weighted by atomic mass is 35.5. The summed E-state index contributed by atoms with van der Waals surface area (Å²) in [6.07, 6.45) is 0. The molecular formula is C9H8Cl2O2S. The van der Waals surface area contributed by atoms with Crippen LogP contribution in [0.25, 0.3) is 0 Å². The maximum Gasteiger partial charge on any atom is 0.315 e. The average molecular weight is 251 g/mol. The van der Waals surface area contributed by atoms with Crippen LogP contribution in [0.3, 0.4) is 0 Å². The third-order valence-corrected chi connectivity index (χ3v) is 3.45. The zero-order valence-electron chi connectivity index (χ0n) is 7.42. The number of thioether (sulfide) groups is 1. The topological polar surface area (TPSA) is 26.3 Å². The van der Waals surface area contributed by atoms with Crippen molar-refractivity contribution in [3.05, 3.63) is 28.2 Å². The normalized spacial score (nSPS) is 9.93. The molecule has 0 heterocycles. The first-order chi connectivity index (χ1) is 6.65. The highest BCUT2D eigenvalue weighted by molar-refractivity contribution is 8.00. The van der Waals surface area contributed by atoms with Crippen LogP contribution in [0.15, 0.2) is 23.1 Å². The first-order valence-electron chi connectivity index (χ1n) is 3.78. The number of carbonyl (C=O) groups excluding carboxylic acids is 1. The van der Waals surface area contributed by atoms with Crippen LogP contribution < -0.4 is 0 Å². The molecule has 76 valence electrons. The highest BCUT2D eigenvalue weighted by Gasteiger charge is 2.07. The van der Waals surface area contributed by atoms with Gasteiger partial charge < -0.3 is 4.74 Å². The van der Waals surface area contributed by atoms with E-state index in [1.165, 1.54) is 18.9 Å². The molecule has 0 bridgehead atoms. The van der Waals surface area contributed by atoms with Crippen LogP contribution in [-0.4, -0.2) is 18.8 Å². The fraction of sp³-hybridized carbons (Fsp3) is 0.222. The number of benzene rings is 1. The Balaban J connectivity index is 2.68. The van der Waals surface area contributed by atoms with E-state index in [-0.39, 0.29) is 11.7 Å². The molecule has 0 unspecified atom stereocenters. The summed E-state index contributed by atoms with van der Waals surface area (Å²) in [6, 6.07) is 5.29. The Morgan fingerprint density at radius 3 is 2.86 bits per heavy atom. The summed E-state index contributed by atoms with van der Waals surface area (Å²) in [5.74, 6) is -0.0534. The molecule has 0 aliphatic rings. The lowest BCUT2D eigenvalue weighted by Crippen LogP contribution is -2.02. The van der Waals surface area contributed by atoms with Crippen LogP contribution in [0.2, 0.25) is 10.0 Å². The molecule has 0 amide bonds. The van der Waals surface area contributed by atoms with E-state index in [0.717, 1.165) is 4.90 Å². The Labute approximate surface area is 96.5 Å². The minimum absolute atomic E-state index is 0.233. The van der Waals surface area contributed by atoms with Crippen molar-refractivity contribution in [2.24, 2.45) is 0 Å². The van der Waals surface area contributed by atoms with Gasteiger partial charge in [0.1, 0.15) is 0 Å². The molecule has 0 fully saturated rings. The lowest BCUT2D eigenvalue weighted by Gasteiger charge is -2.03. The van der Waals surface area contributed by atoms with E-state index in [1.54, 1.807) is 12.1 Å². The van der Waals surface area contributed by atoms with E-state index in [9.17, 15) is 4.79 Å². The van der Waals surface area contributed by atoms with E-state index in [2.05, 4.69) is 4.74 Å². The molecule has 1 aromatic rings. The standard InChI is InChI=1S/C9H8Cl2O2S/c1-13-8(12)5-14-7-4-2-3-6(10)9(7)11/h2-4H,5H2,1H3. The Kier molecular flexibility index (Phi) is 4.58. The average Bonchev–Trinajstić information content (AvgIpc) is 2.20. The summed E-state index contributed by atoms with van der Waals surface area (Å²) in [7, 11) is 1.35. The lowest BCUT2D eigenvalue weighted by molar-refractivity contribution is -0.137. The fourth-order valence-corrected chi connectivity index (χ4v) is 2.11. The number of hydrogen-bond acceptors (Lipinski definition) is 3. The molecule has 0 aromatic heterocycles. The molecule has 2 nitrogen and oxygen atoms in total. The number of esters is 1. The molecule has 14 heavy (non-hydrogen) atoms. The van der Waals surface area contributed by atoms with Crippen molar-refractivity contribution >= 4 is 40.9 Å². The number of carbonyl (C=O) groups is 1. The number of hydrogen-bond donors (Lipinski definition) is 0. The Morgan fingerprint density at radius 2 is 2.21 bits per heavy atom. The fourth-order valence-electron chi connectivity index (χ4n) is 0.791. The van der Waals surface area contributed by atoms with Crippen molar-refractivity contribution in [3.63, 3.8) is 0 Å². The van der Waals surface area contributed by atoms with Crippen LogP contribution >= 0.6 is 35.0 Å². The molecule has 0 N–H and O–H groups in total. The van der Waals surface area contributed by atoms with Gasteiger partial charge in [0.05, 0.1) is 22.9 Å². The van der Waals surface area contributed by atoms with E-state index >= 15 is 0 Å². The van der Waals surface area contributed by atoms with Crippen LogP contribution in [0.4, 0.5) is 0 Å². The second kappa shape index (κ2) is 5.49. The predicted molar refractivity (Wildman–Crippen MR) is 59.2 cm³/mol. The van der Waals surface area contributed by atoms with Crippen molar-refractivity contribution in [2.75, 3.05) is 12.9 Å². The Morgan fingerprint density at radius 1 is 1.50 bits per heavy atom. The van der Waals surface area contributed by atoms with E-state index in [1.807, 2.05) is 6.07 Å². The third kappa shape index (κ3) is 3.08. The molecule has 0 saturated heterocycles. The molecular weight excluding hydrogens is 243 g/mol. The molecule has 0 aliphatic heterocycles. The van der Waals surface area contributed by atoms with Crippen molar-refractivity contribution in [1.29, 1.82) is 0 Å². The largest absolute Gasteiger partial charge is 0.468 e. The molecule has 1 aromatic carbocycles. The Hall–Kier alpha value is -0.380. The molecule has 0 spiro atoms. The van der Waals surface area contributed by atoms with E-state index in [4.69, 9.17) is 23.2 Å². The number of rotatable bonds is 3. The Bertz CT molecular complexity index is 342. The molecule has 0 radical (unpaired) electrons. The minimum atomic E-state index is -0.286. The van der Waals surface area contributed by atoms with Crippen molar-refractivity contribution in [1.82, 2.24) is 0 Å². The summed E-state index contributed by atoms with van der Waals surface area (Å²) in [5.41, 5.74) is 0. The quantitative estimate of drug-likeness (QED) is 0.609. The maximum atomic E-state index is 10.9. The first kappa shape index (κ1) is 11.7. The monoisotopic (exact) mass is 250 g/mol. The first-order valence-corrected chi connectivity index (χ1v) is 5.53. The lowest BCUT2D eigenvalue weighted by atomic mass is 10.4. The number of methoxy groups -OCH3 is 1. The van der Waals surface area contributed by atoms with Gasteiger partial charge in [-0.2, -0.15) is 0 Å². The molecule has 5 heteroatoms. The van der Waals surface area contributed by atoms with Gasteiger partial charge in [0.2, 0.25) is 0 Å². The summed E-state index contributed by atoms with van der Waals surface area (Å²) in [6.45, 7) is 0. The molecule has 0 atom stereocenters. The van der Waals surface area contributed by atoms with Gasteiger partial charge in [-0.15, -0.1) is 11.8 Å². The number of halogens is 2. The highest BCUT2D eigenvalue weighted by Crippen LogP contribution is 2.32. The van der Waals surface area contributed by atoms with Crippen molar-refractivity contribution in [2.45, 2.75) is 4.90 Å². The second-order valence-electron chi connectivity index (χ2n) is 2.42. The summed E-state index contributed by atoms with van der Waals surface area (Å²) in [4.78, 5) is 11.6. The molecule has 0 saturated carbocycles. The smallest absolute Gasteiger partial charge is 0.315 e. The van der Waals surface area contributed by atoms with Crippen molar-refractivity contribution in [3.8, 4) is 0 Å². The van der Waals surface area contributed by atoms with Gasteiger partial charge >= 0.3 is 5.97 Å². The van der Waals surface area contributed by atoms with Crippen LogP contribution in [0.5, 0.6) is 0 Å². The van der Waals surface area contributed by atoms with Gasteiger partial charge in [-0.25, -0.2) is 0 Å². The zero-order chi connectivity index (χ0) is 10.6. The van der Waals surface area contributed by atoms with Gasteiger partial charge in [-0.1, -0.05) is 29.3 Å². The predicted octanol–water partition coefficient (Wildman–Crippen LogP) is 3.26. The SMILES string of the molecule is COC(=O)CSc1cccc(Cl)c1Cl.